The zero-order valence-electron chi connectivity index (χ0n) is 11.9. The molecule has 2 heterocycles. The van der Waals surface area contributed by atoms with Gasteiger partial charge in [0.15, 0.2) is 0 Å². The van der Waals surface area contributed by atoms with E-state index in [9.17, 15) is 9.59 Å². The van der Waals surface area contributed by atoms with Gasteiger partial charge in [0.05, 0.1) is 5.52 Å². The fourth-order valence-electron chi connectivity index (χ4n) is 2.30. The van der Waals surface area contributed by atoms with Gasteiger partial charge in [-0.15, -0.1) is 0 Å². The quantitative estimate of drug-likeness (QED) is 0.803. The van der Waals surface area contributed by atoms with Crippen LogP contribution in [-0.4, -0.2) is 31.5 Å². The van der Waals surface area contributed by atoms with Gasteiger partial charge in [-0.3, -0.25) is 9.36 Å². The third-order valence-corrected chi connectivity index (χ3v) is 3.44. The van der Waals surface area contributed by atoms with Crippen LogP contribution < -0.4 is 0 Å². The highest BCUT2D eigenvalue weighted by Crippen LogP contribution is 2.24. The van der Waals surface area contributed by atoms with Crippen molar-refractivity contribution in [1.82, 2.24) is 14.5 Å². The molecule has 2 aromatic heterocycles. The topological polar surface area (TPSA) is 85.1 Å². The lowest BCUT2D eigenvalue weighted by atomic mass is 10.1. The highest BCUT2D eigenvalue weighted by atomic mass is 16.4. The van der Waals surface area contributed by atoms with Crippen molar-refractivity contribution >= 4 is 22.8 Å². The number of carbonyl (C=O) groups is 2. The monoisotopic (exact) mass is 295 g/mol. The molecule has 6 heteroatoms. The summed E-state index contributed by atoms with van der Waals surface area (Å²) < 4.78 is 1.63. The van der Waals surface area contributed by atoms with E-state index < -0.39 is 5.97 Å². The van der Waals surface area contributed by atoms with Crippen molar-refractivity contribution in [1.29, 1.82) is 0 Å². The molecule has 6 nitrogen and oxygen atoms in total. The summed E-state index contributed by atoms with van der Waals surface area (Å²) >= 11 is 0. The van der Waals surface area contributed by atoms with E-state index in [4.69, 9.17) is 5.11 Å². The smallest absolute Gasteiger partial charge is 0.373 e. The molecule has 0 fully saturated rings. The van der Waals surface area contributed by atoms with Gasteiger partial charge in [-0.05, 0) is 23.8 Å². The third-order valence-electron chi connectivity index (χ3n) is 3.44. The molecule has 0 atom stereocenters. The Morgan fingerprint density at radius 3 is 2.50 bits per heavy atom. The van der Waals surface area contributed by atoms with Gasteiger partial charge in [0.2, 0.25) is 11.7 Å². The average Bonchev–Trinajstić information content (AvgIpc) is 2.97. The summed E-state index contributed by atoms with van der Waals surface area (Å²) in [4.78, 5) is 30.2. The van der Waals surface area contributed by atoms with Gasteiger partial charge >= 0.3 is 5.97 Å². The van der Waals surface area contributed by atoms with Crippen LogP contribution in [0.1, 0.15) is 28.8 Å². The predicted molar refractivity (Wildman–Crippen MR) is 80.8 cm³/mol. The molecule has 1 N–H and O–H groups in total. The van der Waals surface area contributed by atoms with Crippen LogP contribution in [-0.2, 0) is 0 Å². The van der Waals surface area contributed by atoms with E-state index >= 15 is 0 Å². The lowest BCUT2D eigenvalue weighted by Gasteiger charge is -2.04. The lowest BCUT2D eigenvalue weighted by molar-refractivity contribution is 0.0683. The van der Waals surface area contributed by atoms with E-state index in [0.717, 1.165) is 22.0 Å². The van der Waals surface area contributed by atoms with E-state index in [1.165, 1.54) is 12.4 Å². The summed E-state index contributed by atoms with van der Waals surface area (Å²) in [5, 5.41) is 9.74. The lowest BCUT2D eigenvalue weighted by Crippen LogP contribution is -2.06. The van der Waals surface area contributed by atoms with Crippen molar-refractivity contribution in [2.75, 3.05) is 0 Å². The SMILES string of the molecule is CCC(=O)n1ccc2cc(-c3cnc(C(=O)O)nc3)ccc21. The van der Waals surface area contributed by atoms with Crippen LogP contribution in [0.5, 0.6) is 0 Å². The fourth-order valence-corrected chi connectivity index (χ4v) is 2.30. The summed E-state index contributed by atoms with van der Waals surface area (Å²) in [6.45, 7) is 1.82. The Kier molecular flexibility index (Phi) is 3.42. The second-order valence-corrected chi connectivity index (χ2v) is 4.81. The van der Waals surface area contributed by atoms with E-state index in [1.54, 1.807) is 10.8 Å². The minimum atomic E-state index is -1.16. The predicted octanol–water partition coefficient (Wildman–Crippen LogP) is 2.85. The van der Waals surface area contributed by atoms with Gasteiger partial charge in [-0.25, -0.2) is 14.8 Å². The first-order valence-electron chi connectivity index (χ1n) is 6.80. The van der Waals surface area contributed by atoms with Gasteiger partial charge in [0.25, 0.3) is 0 Å². The van der Waals surface area contributed by atoms with Gasteiger partial charge in [-0.1, -0.05) is 13.0 Å². The largest absolute Gasteiger partial charge is 0.475 e. The zero-order chi connectivity index (χ0) is 15.7. The molecule has 0 amide bonds. The fraction of sp³-hybridized carbons (Fsp3) is 0.125. The first kappa shape index (κ1) is 13.9. The van der Waals surface area contributed by atoms with E-state index in [0.29, 0.717) is 6.42 Å². The molecule has 0 aliphatic rings. The molecule has 0 aliphatic heterocycles. The minimum Gasteiger partial charge on any atom is -0.475 e. The molecule has 3 aromatic rings. The molecule has 3 rings (SSSR count). The van der Waals surface area contributed by atoms with Gasteiger partial charge in [0, 0.05) is 36.0 Å². The van der Waals surface area contributed by atoms with Crippen LogP contribution in [0.3, 0.4) is 0 Å². The summed E-state index contributed by atoms with van der Waals surface area (Å²) in [7, 11) is 0. The number of aromatic nitrogens is 3. The van der Waals surface area contributed by atoms with Gasteiger partial charge < -0.3 is 5.11 Å². The van der Waals surface area contributed by atoms with Crippen molar-refractivity contribution in [2.45, 2.75) is 13.3 Å². The molecule has 22 heavy (non-hydrogen) atoms. The van der Waals surface area contributed by atoms with Crippen molar-refractivity contribution in [3.63, 3.8) is 0 Å². The number of carboxylic acid groups (broad SMARTS) is 1. The molecule has 0 saturated carbocycles. The summed E-state index contributed by atoms with van der Waals surface area (Å²) in [6.07, 6.45) is 5.15. The Bertz CT molecular complexity index is 866. The number of nitrogens with zero attached hydrogens (tertiary/aromatic N) is 3. The Hall–Kier alpha value is -3.02. The van der Waals surface area contributed by atoms with Crippen LogP contribution in [0.25, 0.3) is 22.0 Å². The molecule has 0 spiro atoms. The Labute approximate surface area is 126 Å². The number of benzene rings is 1. The molecule has 110 valence electrons. The first-order valence-corrected chi connectivity index (χ1v) is 6.80. The maximum Gasteiger partial charge on any atom is 0.373 e. The number of rotatable bonds is 3. The zero-order valence-corrected chi connectivity index (χ0v) is 11.9. The summed E-state index contributed by atoms with van der Waals surface area (Å²) in [5.74, 6) is -1.35. The molecule has 0 unspecified atom stereocenters. The van der Waals surface area contributed by atoms with Gasteiger partial charge in [-0.2, -0.15) is 0 Å². The van der Waals surface area contributed by atoms with E-state index in [2.05, 4.69) is 9.97 Å². The van der Waals surface area contributed by atoms with Crippen LogP contribution in [0.4, 0.5) is 0 Å². The number of aromatic carboxylic acids is 1. The molecule has 1 aromatic carbocycles. The van der Waals surface area contributed by atoms with Crippen molar-refractivity contribution in [3.8, 4) is 11.1 Å². The van der Waals surface area contributed by atoms with Crippen molar-refractivity contribution < 1.29 is 14.7 Å². The molecule has 0 saturated heterocycles. The van der Waals surface area contributed by atoms with Crippen LogP contribution in [0, 0.1) is 0 Å². The highest BCUT2D eigenvalue weighted by molar-refractivity contribution is 5.94. The minimum absolute atomic E-state index is 0.0388. The number of carbonyl (C=O) groups excluding carboxylic acids is 1. The van der Waals surface area contributed by atoms with E-state index in [-0.39, 0.29) is 11.7 Å². The average molecular weight is 295 g/mol. The Morgan fingerprint density at radius 2 is 1.86 bits per heavy atom. The second kappa shape index (κ2) is 5.40. The Morgan fingerprint density at radius 1 is 1.14 bits per heavy atom. The van der Waals surface area contributed by atoms with Crippen LogP contribution in [0.2, 0.25) is 0 Å². The summed E-state index contributed by atoms with van der Waals surface area (Å²) in [6, 6.07) is 7.52. The van der Waals surface area contributed by atoms with Crippen LogP contribution >= 0.6 is 0 Å². The number of carboxylic acids is 1. The normalized spacial score (nSPS) is 10.8. The van der Waals surface area contributed by atoms with Crippen molar-refractivity contribution in [3.05, 3.63) is 48.7 Å². The molecular weight excluding hydrogens is 282 g/mol. The third kappa shape index (κ3) is 2.35. The molecule has 0 bridgehead atoms. The standard InChI is InChI=1S/C16H13N3O3/c1-2-14(20)19-6-5-11-7-10(3-4-13(11)19)12-8-17-15(16(21)22)18-9-12/h3-9H,2H2,1H3,(H,21,22). The maximum atomic E-state index is 11.8. The van der Waals surface area contributed by atoms with E-state index in [1.807, 2.05) is 31.2 Å². The molecule has 0 radical (unpaired) electrons. The number of hydrogen-bond acceptors (Lipinski definition) is 4. The maximum absolute atomic E-state index is 11.8. The van der Waals surface area contributed by atoms with Gasteiger partial charge in [0.1, 0.15) is 0 Å². The molecular formula is C16H13N3O3. The first-order chi connectivity index (χ1) is 10.6. The Balaban J connectivity index is 2.02. The van der Waals surface area contributed by atoms with Crippen molar-refractivity contribution in [2.24, 2.45) is 0 Å². The van der Waals surface area contributed by atoms with Crippen LogP contribution in [0.15, 0.2) is 42.9 Å². The number of fused-ring (bicyclic) bond motifs is 1. The number of hydrogen-bond donors (Lipinski definition) is 1. The molecule has 0 aliphatic carbocycles. The highest BCUT2D eigenvalue weighted by Gasteiger charge is 2.10. The summed E-state index contributed by atoms with van der Waals surface area (Å²) in [5.41, 5.74) is 2.44. The second-order valence-electron chi connectivity index (χ2n) is 4.81.